The van der Waals surface area contributed by atoms with Crippen LogP contribution in [0, 0.1) is 5.92 Å². The lowest BCUT2D eigenvalue weighted by Gasteiger charge is -2.17. The predicted molar refractivity (Wildman–Crippen MR) is 72.6 cm³/mol. The number of anilines is 1. The van der Waals surface area contributed by atoms with Gasteiger partial charge in [0.25, 0.3) is 0 Å². The molecule has 1 saturated carbocycles. The monoisotopic (exact) mass is 244 g/mol. The van der Waals surface area contributed by atoms with Crippen molar-refractivity contribution < 1.29 is 0 Å². The Kier molecular flexibility index (Phi) is 3.17. The van der Waals surface area contributed by atoms with Crippen LogP contribution in [0.3, 0.4) is 0 Å². The highest BCUT2D eigenvalue weighted by atomic mass is 15.2. The van der Waals surface area contributed by atoms with Crippen molar-refractivity contribution in [1.29, 1.82) is 0 Å². The predicted octanol–water partition coefficient (Wildman–Crippen LogP) is 3.11. The molecule has 96 valence electrons. The fraction of sp³-hybridized carbons (Fsp3) is 0.571. The molecule has 3 rings (SSSR count). The van der Waals surface area contributed by atoms with Crippen molar-refractivity contribution in [2.45, 2.75) is 45.1 Å². The van der Waals surface area contributed by atoms with E-state index in [4.69, 9.17) is 0 Å². The second-order valence-electron chi connectivity index (χ2n) is 5.39. The lowest BCUT2D eigenvalue weighted by Crippen LogP contribution is -2.19. The van der Waals surface area contributed by atoms with Crippen LogP contribution in [0.25, 0.3) is 5.52 Å². The van der Waals surface area contributed by atoms with Crippen LogP contribution >= 0.6 is 0 Å². The number of hydrogen-bond acceptors (Lipinski definition) is 3. The molecular weight excluding hydrogens is 224 g/mol. The summed E-state index contributed by atoms with van der Waals surface area (Å²) in [5.41, 5.74) is 1.06. The van der Waals surface area contributed by atoms with E-state index in [2.05, 4.69) is 22.3 Å². The highest BCUT2D eigenvalue weighted by Gasteiger charge is 2.17. The van der Waals surface area contributed by atoms with E-state index >= 15 is 0 Å². The van der Waals surface area contributed by atoms with Gasteiger partial charge in [-0.2, -0.15) is 5.10 Å². The Labute approximate surface area is 107 Å². The van der Waals surface area contributed by atoms with Crippen LogP contribution in [-0.2, 0) is 0 Å². The maximum Gasteiger partial charge on any atom is 0.152 e. The van der Waals surface area contributed by atoms with Crippen molar-refractivity contribution in [3.63, 3.8) is 0 Å². The molecule has 2 aromatic rings. The van der Waals surface area contributed by atoms with Gasteiger partial charge < -0.3 is 5.32 Å². The summed E-state index contributed by atoms with van der Waals surface area (Å²) >= 11 is 0. The third-order valence-electron chi connectivity index (χ3n) is 3.92. The SMILES string of the molecule is CC1CCCC(Nc2nccn3nccc23)CC1. The van der Waals surface area contributed by atoms with Crippen LogP contribution in [-0.4, -0.2) is 20.6 Å². The quantitative estimate of drug-likeness (QED) is 0.825. The summed E-state index contributed by atoms with van der Waals surface area (Å²) < 4.78 is 1.87. The fourth-order valence-corrected chi connectivity index (χ4v) is 2.79. The molecule has 1 aliphatic carbocycles. The second kappa shape index (κ2) is 4.96. The average Bonchev–Trinajstić information content (AvgIpc) is 2.76. The summed E-state index contributed by atoms with van der Waals surface area (Å²) in [7, 11) is 0. The van der Waals surface area contributed by atoms with E-state index in [0.717, 1.165) is 17.3 Å². The van der Waals surface area contributed by atoms with E-state index in [1.807, 2.05) is 29.2 Å². The van der Waals surface area contributed by atoms with Gasteiger partial charge in [-0.1, -0.05) is 19.8 Å². The fourth-order valence-electron chi connectivity index (χ4n) is 2.79. The molecule has 0 spiro atoms. The van der Waals surface area contributed by atoms with Gasteiger partial charge in [0.1, 0.15) is 5.52 Å². The first kappa shape index (κ1) is 11.5. The molecule has 4 heteroatoms. The van der Waals surface area contributed by atoms with Crippen LogP contribution in [0.15, 0.2) is 24.7 Å². The Bertz CT molecular complexity index is 519. The molecule has 2 atom stereocenters. The van der Waals surface area contributed by atoms with Crippen LogP contribution in [0.5, 0.6) is 0 Å². The van der Waals surface area contributed by atoms with Gasteiger partial charge in [-0.25, -0.2) is 9.50 Å². The normalized spacial score (nSPS) is 24.9. The van der Waals surface area contributed by atoms with Gasteiger partial charge in [-0.05, 0) is 31.2 Å². The number of rotatable bonds is 2. The van der Waals surface area contributed by atoms with Crippen LogP contribution in [0.2, 0.25) is 0 Å². The molecule has 2 heterocycles. The number of nitrogens with zero attached hydrogens (tertiary/aromatic N) is 3. The number of hydrogen-bond donors (Lipinski definition) is 1. The molecule has 1 N–H and O–H groups in total. The maximum atomic E-state index is 4.45. The zero-order valence-electron chi connectivity index (χ0n) is 10.8. The molecule has 0 saturated heterocycles. The van der Waals surface area contributed by atoms with Gasteiger partial charge >= 0.3 is 0 Å². The average molecular weight is 244 g/mol. The summed E-state index contributed by atoms with van der Waals surface area (Å²) in [6, 6.07) is 2.57. The Balaban J connectivity index is 1.77. The molecule has 0 bridgehead atoms. The van der Waals surface area contributed by atoms with Gasteiger partial charge in [0, 0.05) is 18.4 Å². The summed E-state index contributed by atoms with van der Waals surface area (Å²) in [5.74, 6) is 1.84. The van der Waals surface area contributed by atoms with E-state index in [1.54, 1.807) is 0 Å². The highest BCUT2D eigenvalue weighted by molar-refractivity contribution is 5.67. The van der Waals surface area contributed by atoms with Crippen LogP contribution < -0.4 is 5.32 Å². The molecule has 0 radical (unpaired) electrons. The van der Waals surface area contributed by atoms with E-state index in [1.165, 1.54) is 32.1 Å². The van der Waals surface area contributed by atoms with Crippen molar-refractivity contribution in [2.24, 2.45) is 5.92 Å². The minimum atomic E-state index is 0.559. The smallest absolute Gasteiger partial charge is 0.152 e. The maximum absolute atomic E-state index is 4.45. The molecule has 0 aromatic carbocycles. The minimum absolute atomic E-state index is 0.559. The minimum Gasteiger partial charge on any atom is -0.366 e. The van der Waals surface area contributed by atoms with E-state index in [0.29, 0.717) is 6.04 Å². The lowest BCUT2D eigenvalue weighted by molar-refractivity contribution is 0.502. The molecule has 2 unspecified atom stereocenters. The zero-order chi connectivity index (χ0) is 12.4. The Morgan fingerprint density at radius 3 is 3.11 bits per heavy atom. The second-order valence-corrected chi connectivity index (χ2v) is 5.39. The Morgan fingerprint density at radius 1 is 1.22 bits per heavy atom. The molecular formula is C14H20N4. The summed E-state index contributed by atoms with van der Waals surface area (Å²) in [4.78, 5) is 4.45. The van der Waals surface area contributed by atoms with Crippen molar-refractivity contribution in [3.05, 3.63) is 24.7 Å². The molecule has 1 aliphatic rings. The van der Waals surface area contributed by atoms with E-state index in [-0.39, 0.29) is 0 Å². The van der Waals surface area contributed by atoms with Gasteiger partial charge in [0.15, 0.2) is 5.82 Å². The number of aromatic nitrogens is 3. The Morgan fingerprint density at radius 2 is 2.17 bits per heavy atom. The zero-order valence-corrected chi connectivity index (χ0v) is 10.8. The van der Waals surface area contributed by atoms with Gasteiger partial charge in [-0.15, -0.1) is 0 Å². The Hall–Kier alpha value is -1.58. The molecule has 2 aromatic heterocycles. The molecule has 0 aliphatic heterocycles. The highest BCUT2D eigenvalue weighted by Crippen LogP contribution is 2.25. The third kappa shape index (κ3) is 2.33. The molecule has 0 amide bonds. The largest absolute Gasteiger partial charge is 0.366 e. The standard InChI is InChI=1S/C14H20N4/c1-11-3-2-4-12(6-5-11)17-14-13-7-8-16-18(13)10-9-15-14/h7-12H,2-6H2,1H3,(H,15,17). The van der Waals surface area contributed by atoms with Crippen molar-refractivity contribution in [1.82, 2.24) is 14.6 Å². The van der Waals surface area contributed by atoms with Gasteiger partial charge in [-0.3, -0.25) is 0 Å². The molecule has 18 heavy (non-hydrogen) atoms. The van der Waals surface area contributed by atoms with E-state index < -0.39 is 0 Å². The molecule has 4 nitrogen and oxygen atoms in total. The van der Waals surface area contributed by atoms with Crippen molar-refractivity contribution >= 4 is 11.3 Å². The first-order valence-corrected chi connectivity index (χ1v) is 6.88. The van der Waals surface area contributed by atoms with Gasteiger partial charge in [0.2, 0.25) is 0 Å². The summed E-state index contributed by atoms with van der Waals surface area (Å²) in [5, 5.41) is 7.84. The summed E-state index contributed by atoms with van der Waals surface area (Å²) in [6.07, 6.45) is 12.0. The van der Waals surface area contributed by atoms with Crippen LogP contribution in [0.4, 0.5) is 5.82 Å². The third-order valence-corrected chi connectivity index (χ3v) is 3.92. The van der Waals surface area contributed by atoms with E-state index in [9.17, 15) is 0 Å². The molecule has 1 fully saturated rings. The first-order valence-electron chi connectivity index (χ1n) is 6.88. The topological polar surface area (TPSA) is 42.2 Å². The lowest BCUT2D eigenvalue weighted by atomic mass is 10.0. The van der Waals surface area contributed by atoms with Crippen molar-refractivity contribution in [3.8, 4) is 0 Å². The summed E-state index contributed by atoms with van der Waals surface area (Å²) in [6.45, 7) is 2.36. The first-order chi connectivity index (χ1) is 8.83. The number of fused-ring (bicyclic) bond motifs is 1. The van der Waals surface area contributed by atoms with Gasteiger partial charge in [0.05, 0.1) is 6.20 Å². The number of nitrogens with one attached hydrogen (secondary N) is 1. The van der Waals surface area contributed by atoms with Crippen molar-refractivity contribution in [2.75, 3.05) is 5.32 Å². The van der Waals surface area contributed by atoms with Crippen LogP contribution in [0.1, 0.15) is 39.0 Å².